The van der Waals surface area contributed by atoms with Crippen LogP contribution in [0.4, 0.5) is 4.79 Å². The molecule has 0 N–H and O–H groups in total. The van der Waals surface area contributed by atoms with Crippen LogP contribution in [0.1, 0.15) is 44.0 Å². The SMILES string of the molecule is C=CCC(Cc1c(C)n(C(=O)OC(C)(C)C)c2cc(C)ccc12)(C(=O)OC)C(=O)OC. The number of carbonyl (C=O) groups is 3. The summed E-state index contributed by atoms with van der Waals surface area (Å²) >= 11 is 0. The lowest BCUT2D eigenvalue weighted by atomic mass is 9.78. The van der Waals surface area contributed by atoms with Gasteiger partial charge in [-0.15, -0.1) is 6.58 Å². The minimum atomic E-state index is -1.62. The number of hydrogen-bond donors (Lipinski definition) is 0. The normalized spacial score (nSPS) is 11.8. The van der Waals surface area contributed by atoms with Gasteiger partial charge in [0.1, 0.15) is 5.60 Å². The van der Waals surface area contributed by atoms with Gasteiger partial charge in [-0.1, -0.05) is 18.2 Å². The Bertz CT molecular complexity index is 1010. The van der Waals surface area contributed by atoms with Crippen molar-refractivity contribution in [3.05, 3.63) is 47.7 Å². The second-order valence-electron chi connectivity index (χ2n) is 8.64. The third kappa shape index (κ3) is 4.65. The van der Waals surface area contributed by atoms with E-state index in [-0.39, 0.29) is 12.8 Å². The predicted octanol–water partition coefficient (Wildman–Crippen LogP) is 4.49. The van der Waals surface area contributed by atoms with Crippen molar-refractivity contribution in [1.29, 1.82) is 0 Å². The summed E-state index contributed by atoms with van der Waals surface area (Å²) < 4.78 is 17.0. The second-order valence-corrected chi connectivity index (χ2v) is 8.64. The lowest BCUT2D eigenvalue weighted by Gasteiger charge is -2.27. The van der Waals surface area contributed by atoms with Crippen LogP contribution in [0.15, 0.2) is 30.9 Å². The summed E-state index contributed by atoms with van der Waals surface area (Å²) in [4.78, 5) is 38.6. The first-order valence-electron chi connectivity index (χ1n) is 10.0. The largest absolute Gasteiger partial charge is 0.468 e. The monoisotopic (exact) mass is 429 g/mol. The van der Waals surface area contributed by atoms with Crippen LogP contribution in [-0.4, -0.2) is 42.4 Å². The summed E-state index contributed by atoms with van der Waals surface area (Å²) in [6, 6.07) is 5.67. The number of benzene rings is 1. The maximum atomic E-state index is 13.0. The fourth-order valence-electron chi connectivity index (χ4n) is 3.76. The smallest absolute Gasteiger partial charge is 0.419 e. The molecule has 0 saturated carbocycles. The van der Waals surface area contributed by atoms with E-state index in [9.17, 15) is 14.4 Å². The first-order chi connectivity index (χ1) is 14.4. The zero-order chi connectivity index (χ0) is 23.6. The molecule has 2 aromatic rings. The lowest BCUT2D eigenvalue weighted by Crippen LogP contribution is -2.43. The molecule has 1 aromatic heterocycles. The maximum absolute atomic E-state index is 13.0. The molecular weight excluding hydrogens is 398 g/mol. The van der Waals surface area contributed by atoms with E-state index in [1.807, 2.05) is 25.1 Å². The summed E-state index contributed by atoms with van der Waals surface area (Å²) in [5.41, 5.74) is 0.543. The van der Waals surface area contributed by atoms with E-state index in [0.29, 0.717) is 16.8 Å². The second kappa shape index (κ2) is 8.96. The molecule has 0 spiro atoms. The number of aryl methyl sites for hydroxylation is 1. The summed E-state index contributed by atoms with van der Waals surface area (Å²) in [5.74, 6) is -1.44. The summed E-state index contributed by atoms with van der Waals surface area (Å²) in [6.45, 7) is 12.8. The highest BCUT2D eigenvalue weighted by Crippen LogP contribution is 2.37. The standard InChI is InChI=1S/C24H31NO6/c1-9-12-24(20(26)29-7,21(27)30-8)14-18-16(3)25(22(28)31-23(4,5)6)19-13-15(2)10-11-17(18)19/h9-11,13H,1,12,14H2,2-8H3. The van der Waals surface area contributed by atoms with Gasteiger partial charge >= 0.3 is 18.0 Å². The number of methoxy groups -OCH3 is 2. The summed E-state index contributed by atoms with van der Waals surface area (Å²) in [6.07, 6.45) is 0.966. The van der Waals surface area contributed by atoms with Crippen LogP contribution in [0.5, 0.6) is 0 Å². The molecule has 2 rings (SSSR count). The van der Waals surface area contributed by atoms with Gasteiger partial charge in [0, 0.05) is 17.5 Å². The maximum Gasteiger partial charge on any atom is 0.419 e. The Morgan fingerprint density at radius 1 is 1.06 bits per heavy atom. The van der Waals surface area contributed by atoms with Gasteiger partial charge in [0.25, 0.3) is 0 Å². The molecule has 0 aliphatic heterocycles. The molecule has 0 unspecified atom stereocenters. The number of nitrogens with zero attached hydrogens (tertiary/aromatic N) is 1. The molecule has 1 heterocycles. The molecule has 1 aromatic carbocycles. The van der Waals surface area contributed by atoms with Crippen molar-refractivity contribution >= 4 is 28.9 Å². The molecule has 0 aliphatic carbocycles. The third-order valence-corrected chi connectivity index (χ3v) is 5.19. The van der Waals surface area contributed by atoms with Crippen molar-refractivity contribution in [3.8, 4) is 0 Å². The number of esters is 2. The van der Waals surface area contributed by atoms with Crippen molar-refractivity contribution in [2.24, 2.45) is 5.41 Å². The molecule has 168 valence electrons. The van der Waals surface area contributed by atoms with Crippen molar-refractivity contribution < 1.29 is 28.6 Å². The molecule has 0 fully saturated rings. The average Bonchev–Trinajstić information content (AvgIpc) is 2.95. The minimum Gasteiger partial charge on any atom is -0.468 e. The van der Waals surface area contributed by atoms with Gasteiger partial charge in [0.05, 0.1) is 19.7 Å². The predicted molar refractivity (Wildman–Crippen MR) is 118 cm³/mol. The number of hydrogen-bond acceptors (Lipinski definition) is 6. The molecular formula is C24H31NO6. The van der Waals surface area contributed by atoms with Crippen LogP contribution in [0.25, 0.3) is 10.9 Å². The van der Waals surface area contributed by atoms with Crippen molar-refractivity contribution in [1.82, 2.24) is 4.57 Å². The molecule has 0 aliphatic rings. The van der Waals surface area contributed by atoms with E-state index in [0.717, 1.165) is 10.9 Å². The zero-order valence-electron chi connectivity index (χ0n) is 19.3. The molecule has 0 saturated heterocycles. The summed E-state index contributed by atoms with van der Waals surface area (Å²) in [5, 5.41) is 0.746. The molecule has 7 heteroatoms. The first kappa shape index (κ1) is 24.2. The van der Waals surface area contributed by atoms with Crippen LogP contribution in [0.2, 0.25) is 0 Å². The van der Waals surface area contributed by atoms with Gasteiger partial charge in [-0.2, -0.15) is 0 Å². The molecule has 0 radical (unpaired) electrons. The zero-order valence-corrected chi connectivity index (χ0v) is 19.3. The van der Waals surface area contributed by atoms with E-state index in [2.05, 4.69) is 6.58 Å². The molecule has 0 bridgehead atoms. The Hall–Kier alpha value is -3.09. The molecule has 31 heavy (non-hydrogen) atoms. The first-order valence-corrected chi connectivity index (χ1v) is 10.0. The van der Waals surface area contributed by atoms with Crippen molar-refractivity contribution in [3.63, 3.8) is 0 Å². The third-order valence-electron chi connectivity index (χ3n) is 5.19. The van der Waals surface area contributed by atoms with Crippen LogP contribution in [-0.2, 0) is 30.2 Å². The van der Waals surface area contributed by atoms with Crippen LogP contribution in [0.3, 0.4) is 0 Å². The quantitative estimate of drug-likeness (QED) is 0.291. The van der Waals surface area contributed by atoms with Gasteiger partial charge in [-0.25, -0.2) is 9.36 Å². The van der Waals surface area contributed by atoms with E-state index in [1.165, 1.54) is 24.9 Å². The van der Waals surface area contributed by atoms with E-state index >= 15 is 0 Å². The Balaban J connectivity index is 2.78. The minimum absolute atomic E-state index is 0.0143. The topological polar surface area (TPSA) is 83.8 Å². The van der Waals surface area contributed by atoms with Gasteiger partial charge in [0.15, 0.2) is 5.41 Å². The van der Waals surface area contributed by atoms with E-state index in [1.54, 1.807) is 27.7 Å². The number of rotatable bonds is 6. The lowest BCUT2D eigenvalue weighted by molar-refractivity contribution is -0.168. The fraction of sp³-hybridized carbons (Fsp3) is 0.458. The van der Waals surface area contributed by atoms with Crippen LogP contribution >= 0.6 is 0 Å². The molecule has 0 atom stereocenters. The number of aromatic nitrogens is 1. The highest BCUT2D eigenvalue weighted by molar-refractivity contribution is 6.02. The Morgan fingerprint density at radius 3 is 2.13 bits per heavy atom. The Morgan fingerprint density at radius 2 is 1.65 bits per heavy atom. The number of carbonyl (C=O) groups excluding carboxylic acids is 3. The van der Waals surface area contributed by atoms with Gasteiger partial charge in [0.2, 0.25) is 0 Å². The Kier molecular flexibility index (Phi) is 6.99. The number of allylic oxidation sites excluding steroid dienone is 1. The van der Waals surface area contributed by atoms with Crippen molar-refractivity contribution in [2.45, 2.75) is 53.1 Å². The van der Waals surface area contributed by atoms with E-state index in [4.69, 9.17) is 14.2 Å². The number of fused-ring (bicyclic) bond motifs is 1. The average molecular weight is 430 g/mol. The van der Waals surface area contributed by atoms with Crippen LogP contribution in [0, 0.1) is 19.3 Å². The highest BCUT2D eigenvalue weighted by atomic mass is 16.6. The van der Waals surface area contributed by atoms with Crippen LogP contribution < -0.4 is 0 Å². The van der Waals surface area contributed by atoms with Gasteiger partial charge < -0.3 is 14.2 Å². The molecule has 0 amide bonds. The van der Waals surface area contributed by atoms with Gasteiger partial charge in [-0.05, 0) is 58.2 Å². The van der Waals surface area contributed by atoms with Gasteiger partial charge in [-0.3, -0.25) is 9.59 Å². The van der Waals surface area contributed by atoms with Crippen molar-refractivity contribution in [2.75, 3.05) is 14.2 Å². The molecule has 7 nitrogen and oxygen atoms in total. The highest BCUT2D eigenvalue weighted by Gasteiger charge is 2.48. The summed E-state index contributed by atoms with van der Waals surface area (Å²) in [7, 11) is 2.45. The Labute approximate surface area is 183 Å². The number of ether oxygens (including phenoxy) is 3. The van der Waals surface area contributed by atoms with E-state index < -0.39 is 29.0 Å². The fourth-order valence-corrected chi connectivity index (χ4v) is 3.76.